The van der Waals surface area contributed by atoms with E-state index in [1.165, 1.54) is 23.3 Å². The Morgan fingerprint density at radius 2 is 1.90 bits per heavy atom. The van der Waals surface area contributed by atoms with Crippen molar-refractivity contribution in [3.63, 3.8) is 0 Å². The molecule has 30 heavy (non-hydrogen) atoms. The van der Waals surface area contributed by atoms with Gasteiger partial charge in [0.1, 0.15) is 4.83 Å². The summed E-state index contributed by atoms with van der Waals surface area (Å²) in [6, 6.07) is 10.2. The minimum atomic E-state index is 0.136. The Balaban J connectivity index is 1.48. The van der Waals surface area contributed by atoms with Crippen LogP contribution in [0.2, 0.25) is 0 Å². The highest BCUT2D eigenvalue weighted by atomic mass is 32.2. The van der Waals surface area contributed by atoms with Gasteiger partial charge in [-0.1, -0.05) is 42.1 Å². The zero-order valence-electron chi connectivity index (χ0n) is 17.1. The van der Waals surface area contributed by atoms with Crippen LogP contribution in [-0.4, -0.2) is 53.1 Å². The quantitative estimate of drug-likeness (QED) is 0.430. The first kappa shape index (κ1) is 20.2. The molecule has 3 heterocycles. The van der Waals surface area contributed by atoms with Crippen LogP contribution in [0.15, 0.2) is 40.3 Å². The summed E-state index contributed by atoms with van der Waals surface area (Å²) in [4.78, 5) is 23.4. The lowest BCUT2D eigenvalue weighted by Gasteiger charge is -2.26. The number of fused-ring (bicyclic) bond motifs is 3. The summed E-state index contributed by atoms with van der Waals surface area (Å²) in [5.74, 6) is 0.928. The van der Waals surface area contributed by atoms with Crippen LogP contribution in [0.4, 0.5) is 0 Å². The predicted molar refractivity (Wildman–Crippen MR) is 124 cm³/mol. The molecule has 0 spiro atoms. The van der Waals surface area contributed by atoms with Crippen molar-refractivity contribution < 1.29 is 4.74 Å². The van der Waals surface area contributed by atoms with Crippen LogP contribution >= 0.6 is 23.1 Å². The second kappa shape index (κ2) is 9.22. The molecule has 2 aliphatic rings. The van der Waals surface area contributed by atoms with Gasteiger partial charge in [0.25, 0.3) is 5.56 Å². The molecule has 0 atom stereocenters. The summed E-state index contributed by atoms with van der Waals surface area (Å²) in [5, 5.41) is 1.73. The molecule has 0 N–H and O–H groups in total. The Bertz CT molecular complexity index is 1070. The number of nitrogens with zero attached hydrogens (tertiary/aromatic N) is 3. The molecule has 1 aliphatic carbocycles. The maximum atomic E-state index is 13.6. The fourth-order valence-corrected chi connectivity index (χ4v) is 6.63. The van der Waals surface area contributed by atoms with Crippen LogP contribution < -0.4 is 5.56 Å². The standard InChI is InChI=1S/C23H27N3O2S2/c27-22-20-18-8-4-5-9-19(18)30-21(20)24-23(26(22)16-17-6-2-1-3-7-17)29-15-12-25-10-13-28-14-11-25/h1-3,6-7H,4-5,8-16H2. The highest BCUT2D eigenvalue weighted by Gasteiger charge is 2.22. The monoisotopic (exact) mass is 441 g/mol. The Labute approximate surface area is 185 Å². The third kappa shape index (κ3) is 4.21. The van der Waals surface area contributed by atoms with Gasteiger partial charge in [-0.05, 0) is 36.8 Å². The van der Waals surface area contributed by atoms with Crippen molar-refractivity contribution >= 4 is 33.3 Å². The summed E-state index contributed by atoms with van der Waals surface area (Å²) < 4.78 is 7.35. The maximum absolute atomic E-state index is 13.6. The zero-order chi connectivity index (χ0) is 20.3. The summed E-state index contributed by atoms with van der Waals surface area (Å²) in [7, 11) is 0. The number of aryl methyl sites for hydroxylation is 2. The number of benzene rings is 1. The van der Waals surface area contributed by atoms with Gasteiger partial charge in [-0.2, -0.15) is 0 Å². The number of hydrogen-bond donors (Lipinski definition) is 0. The van der Waals surface area contributed by atoms with Gasteiger partial charge in [0.05, 0.1) is 25.1 Å². The van der Waals surface area contributed by atoms with E-state index in [1.807, 2.05) is 22.8 Å². The van der Waals surface area contributed by atoms with Crippen LogP contribution in [-0.2, 0) is 24.1 Å². The normalized spacial score (nSPS) is 17.3. The first-order valence-electron chi connectivity index (χ1n) is 10.8. The summed E-state index contributed by atoms with van der Waals surface area (Å²) in [6.07, 6.45) is 4.50. The van der Waals surface area contributed by atoms with Crippen molar-refractivity contribution in [3.8, 4) is 0 Å². The average Bonchev–Trinajstić information content (AvgIpc) is 3.16. The van der Waals surface area contributed by atoms with Crippen LogP contribution in [0.25, 0.3) is 10.2 Å². The van der Waals surface area contributed by atoms with Gasteiger partial charge in [-0.25, -0.2) is 4.98 Å². The maximum Gasteiger partial charge on any atom is 0.263 e. The van der Waals surface area contributed by atoms with Crippen molar-refractivity contribution in [2.45, 2.75) is 37.4 Å². The molecular weight excluding hydrogens is 414 g/mol. The van der Waals surface area contributed by atoms with E-state index in [0.717, 1.165) is 72.4 Å². The lowest BCUT2D eigenvalue weighted by atomic mass is 9.97. The van der Waals surface area contributed by atoms with Gasteiger partial charge in [0.15, 0.2) is 5.16 Å². The lowest BCUT2D eigenvalue weighted by Crippen LogP contribution is -2.37. The molecule has 1 saturated heterocycles. The number of aromatic nitrogens is 2. The highest BCUT2D eigenvalue weighted by molar-refractivity contribution is 7.99. The van der Waals surface area contributed by atoms with E-state index < -0.39 is 0 Å². The molecule has 0 saturated carbocycles. The summed E-state index contributed by atoms with van der Waals surface area (Å²) in [6.45, 7) is 5.17. The number of thioether (sulfide) groups is 1. The largest absolute Gasteiger partial charge is 0.379 e. The van der Waals surface area contributed by atoms with Gasteiger partial charge < -0.3 is 4.74 Å². The van der Waals surface area contributed by atoms with E-state index in [-0.39, 0.29) is 5.56 Å². The van der Waals surface area contributed by atoms with Gasteiger partial charge in [0.2, 0.25) is 0 Å². The molecule has 0 unspecified atom stereocenters. The van der Waals surface area contributed by atoms with Crippen molar-refractivity contribution in [3.05, 3.63) is 56.7 Å². The van der Waals surface area contributed by atoms with Crippen molar-refractivity contribution in [2.75, 3.05) is 38.6 Å². The fourth-order valence-electron chi connectivity index (χ4n) is 4.33. The van der Waals surface area contributed by atoms with Crippen LogP contribution in [0.3, 0.4) is 0 Å². The van der Waals surface area contributed by atoms with E-state index in [9.17, 15) is 4.79 Å². The number of morpholine rings is 1. The van der Waals surface area contributed by atoms with E-state index >= 15 is 0 Å². The molecule has 3 aromatic rings. The molecule has 5 nitrogen and oxygen atoms in total. The van der Waals surface area contributed by atoms with Crippen LogP contribution in [0.5, 0.6) is 0 Å². The fraction of sp³-hybridized carbons (Fsp3) is 0.478. The van der Waals surface area contributed by atoms with E-state index in [2.05, 4.69) is 17.0 Å². The lowest BCUT2D eigenvalue weighted by molar-refractivity contribution is 0.0410. The topological polar surface area (TPSA) is 47.4 Å². The van der Waals surface area contributed by atoms with Gasteiger partial charge in [0, 0.05) is 30.3 Å². The first-order valence-corrected chi connectivity index (χ1v) is 12.6. The van der Waals surface area contributed by atoms with Crippen LogP contribution in [0, 0.1) is 0 Å². The Hall–Kier alpha value is -1.67. The molecule has 1 aliphatic heterocycles. The van der Waals surface area contributed by atoms with Gasteiger partial charge >= 0.3 is 0 Å². The Morgan fingerprint density at radius 1 is 1.10 bits per heavy atom. The van der Waals surface area contributed by atoms with E-state index in [1.54, 1.807) is 23.1 Å². The van der Waals surface area contributed by atoms with Crippen molar-refractivity contribution in [2.24, 2.45) is 0 Å². The van der Waals surface area contributed by atoms with Gasteiger partial charge in [-0.15, -0.1) is 11.3 Å². The molecule has 7 heteroatoms. The third-order valence-electron chi connectivity index (χ3n) is 5.97. The number of thiophene rings is 1. The summed E-state index contributed by atoms with van der Waals surface area (Å²) >= 11 is 3.45. The van der Waals surface area contributed by atoms with Crippen molar-refractivity contribution in [1.82, 2.24) is 14.5 Å². The molecule has 5 rings (SSSR count). The molecule has 0 amide bonds. The first-order chi connectivity index (χ1) is 14.8. The molecular formula is C23H27N3O2S2. The van der Waals surface area contributed by atoms with Gasteiger partial charge in [-0.3, -0.25) is 14.3 Å². The van der Waals surface area contributed by atoms with E-state index in [4.69, 9.17) is 9.72 Å². The Kier molecular flexibility index (Phi) is 6.22. The zero-order valence-corrected chi connectivity index (χ0v) is 18.8. The molecule has 158 valence electrons. The average molecular weight is 442 g/mol. The predicted octanol–water partition coefficient (Wildman–Crippen LogP) is 3.81. The number of ether oxygens (including phenoxy) is 1. The molecule has 1 fully saturated rings. The summed E-state index contributed by atoms with van der Waals surface area (Å²) in [5.41, 5.74) is 2.54. The molecule has 0 radical (unpaired) electrons. The smallest absolute Gasteiger partial charge is 0.263 e. The highest BCUT2D eigenvalue weighted by Crippen LogP contribution is 2.34. The molecule has 2 aromatic heterocycles. The third-order valence-corrected chi connectivity index (χ3v) is 8.11. The number of rotatable bonds is 6. The SMILES string of the molecule is O=c1c2c3c(sc2nc(SCCN2CCOCC2)n1Cc1ccccc1)CCCC3. The van der Waals surface area contributed by atoms with E-state index in [0.29, 0.717) is 6.54 Å². The van der Waals surface area contributed by atoms with Crippen molar-refractivity contribution in [1.29, 1.82) is 0 Å². The Morgan fingerprint density at radius 3 is 2.73 bits per heavy atom. The van der Waals surface area contributed by atoms with Crippen LogP contribution in [0.1, 0.15) is 28.8 Å². The molecule has 1 aromatic carbocycles. The second-order valence-corrected chi connectivity index (χ2v) is 10.1. The molecule has 0 bridgehead atoms. The minimum absolute atomic E-state index is 0.136. The minimum Gasteiger partial charge on any atom is -0.379 e. The number of hydrogen-bond acceptors (Lipinski definition) is 6. The second-order valence-electron chi connectivity index (χ2n) is 7.96.